The molecule has 7 heteroatoms. The Morgan fingerprint density at radius 1 is 1.13 bits per heavy atom. The smallest absolute Gasteiger partial charge is 0.267 e. The fourth-order valence-electron chi connectivity index (χ4n) is 6.55. The maximum Gasteiger partial charge on any atom is 0.267 e. The molecule has 5 saturated carbocycles. The van der Waals surface area contributed by atoms with Crippen molar-refractivity contribution in [1.29, 1.82) is 0 Å². The van der Waals surface area contributed by atoms with Gasteiger partial charge in [-0.25, -0.2) is 17.5 Å². The van der Waals surface area contributed by atoms with Crippen LogP contribution in [0, 0.1) is 29.0 Å². The Bertz CT molecular complexity index is 934. The first-order valence-corrected chi connectivity index (χ1v) is 12.9. The molecule has 5 nitrogen and oxygen atoms in total. The second-order valence-corrected chi connectivity index (χ2v) is 12.2. The lowest BCUT2D eigenvalue weighted by Gasteiger charge is -2.56. The second kappa shape index (κ2) is 7.21. The molecule has 5 fully saturated rings. The summed E-state index contributed by atoms with van der Waals surface area (Å²) in [6.45, 7) is 2.05. The van der Waals surface area contributed by atoms with Crippen molar-refractivity contribution in [1.82, 2.24) is 4.72 Å². The number of hydrogen-bond donors (Lipinski definition) is 1. The monoisotopic (exact) mass is 435 g/mol. The minimum atomic E-state index is -3.74. The van der Waals surface area contributed by atoms with E-state index in [0.717, 1.165) is 36.2 Å². The van der Waals surface area contributed by atoms with E-state index in [1.165, 1.54) is 57.6 Å². The van der Waals surface area contributed by atoms with Crippen LogP contribution in [0.2, 0.25) is 0 Å². The Morgan fingerprint density at radius 2 is 1.73 bits per heavy atom. The number of carbonyl (C=O) groups excluding carboxylic acids is 1. The number of rotatable bonds is 7. The van der Waals surface area contributed by atoms with Crippen LogP contribution >= 0.6 is 0 Å². The van der Waals surface area contributed by atoms with E-state index in [9.17, 15) is 17.6 Å². The quantitative estimate of drug-likeness (QED) is 0.690. The van der Waals surface area contributed by atoms with Crippen molar-refractivity contribution >= 4 is 15.9 Å². The first kappa shape index (κ1) is 20.3. The lowest BCUT2D eigenvalue weighted by molar-refractivity contribution is -0.0747. The Kier molecular flexibility index (Phi) is 4.88. The van der Waals surface area contributed by atoms with Crippen LogP contribution in [0.5, 0.6) is 5.75 Å². The number of ether oxygens (including phenoxy) is 1. The zero-order valence-electron chi connectivity index (χ0n) is 17.5. The average molecular weight is 436 g/mol. The van der Waals surface area contributed by atoms with Gasteiger partial charge in [-0.2, -0.15) is 0 Å². The summed E-state index contributed by atoms with van der Waals surface area (Å²) in [6.07, 6.45) is 9.71. The molecular weight excluding hydrogens is 405 g/mol. The maximum absolute atomic E-state index is 14.8. The molecule has 0 aromatic heterocycles. The van der Waals surface area contributed by atoms with Crippen molar-refractivity contribution in [3.63, 3.8) is 0 Å². The Labute approximate surface area is 177 Å². The molecular formula is C23H30FNO4S. The minimum absolute atomic E-state index is 0.220. The third-order valence-corrected chi connectivity index (χ3v) is 8.94. The summed E-state index contributed by atoms with van der Waals surface area (Å²) < 4.78 is 46.4. The van der Waals surface area contributed by atoms with Crippen molar-refractivity contribution in [3.05, 3.63) is 29.1 Å². The normalized spacial score (nSPS) is 32.3. The van der Waals surface area contributed by atoms with Gasteiger partial charge in [0.05, 0.1) is 17.9 Å². The van der Waals surface area contributed by atoms with Crippen molar-refractivity contribution in [2.24, 2.45) is 23.2 Å². The molecule has 1 amide bonds. The topological polar surface area (TPSA) is 72.5 Å². The molecule has 0 spiro atoms. The van der Waals surface area contributed by atoms with Gasteiger partial charge in [0.25, 0.3) is 5.91 Å². The van der Waals surface area contributed by atoms with Gasteiger partial charge in [-0.3, -0.25) is 4.79 Å². The van der Waals surface area contributed by atoms with Crippen LogP contribution < -0.4 is 9.46 Å². The lowest BCUT2D eigenvalue weighted by Crippen LogP contribution is -2.48. The summed E-state index contributed by atoms with van der Waals surface area (Å²) in [5.41, 5.74) is 0.827. The molecule has 30 heavy (non-hydrogen) atoms. The molecule has 1 aromatic rings. The number of benzene rings is 1. The maximum atomic E-state index is 14.8. The average Bonchev–Trinajstić information content (AvgIpc) is 3.50. The molecule has 0 saturated heterocycles. The summed E-state index contributed by atoms with van der Waals surface area (Å²) in [7, 11) is -3.74. The van der Waals surface area contributed by atoms with E-state index >= 15 is 0 Å². The molecule has 164 valence electrons. The fraction of sp³-hybridized carbons (Fsp3) is 0.696. The first-order valence-electron chi connectivity index (χ1n) is 11.3. The SMILES string of the molecule is CCS(=O)(=O)NC(=O)c1cc(C2CC2)c(OCC23CC4CC(CC(C4)C2)C3)cc1F. The van der Waals surface area contributed by atoms with Crippen molar-refractivity contribution in [2.75, 3.05) is 12.4 Å². The van der Waals surface area contributed by atoms with Gasteiger partial charge in [0.2, 0.25) is 10.0 Å². The highest BCUT2D eigenvalue weighted by molar-refractivity contribution is 7.90. The summed E-state index contributed by atoms with van der Waals surface area (Å²) in [5, 5.41) is 0. The van der Waals surface area contributed by atoms with Crippen molar-refractivity contribution in [3.8, 4) is 5.75 Å². The van der Waals surface area contributed by atoms with Crippen LogP contribution in [0.3, 0.4) is 0 Å². The molecule has 4 bridgehead atoms. The Balaban J connectivity index is 1.37. The molecule has 0 radical (unpaired) electrons. The van der Waals surface area contributed by atoms with Crippen LogP contribution in [0.25, 0.3) is 0 Å². The van der Waals surface area contributed by atoms with Gasteiger partial charge in [0.1, 0.15) is 11.6 Å². The molecule has 6 rings (SSSR count). The third kappa shape index (κ3) is 3.85. The fourth-order valence-corrected chi connectivity index (χ4v) is 7.09. The summed E-state index contributed by atoms with van der Waals surface area (Å²) in [5.74, 6) is 1.38. The zero-order valence-corrected chi connectivity index (χ0v) is 18.3. The van der Waals surface area contributed by atoms with Crippen LogP contribution in [0.15, 0.2) is 12.1 Å². The number of sulfonamides is 1. The minimum Gasteiger partial charge on any atom is -0.493 e. The van der Waals surface area contributed by atoms with Gasteiger partial charge in [0, 0.05) is 11.5 Å². The number of carbonyl (C=O) groups is 1. The van der Waals surface area contributed by atoms with Crippen LogP contribution in [0.4, 0.5) is 4.39 Å². The zero-order chi connectivity index (χ0) is 21.1. The van der Waals surface area contributed by atoms with Crippen LogP contribution in [-0.2, 0) is 10.0 Å². The molecule has 5 aliphatic carbocycles. The van der Waals surface area contributed by atoms with E-state index in [4.69, 9.17) is 4.74 Å². The standard InChI is InChI=1S/C23H30FNO4S/c1-2-30(27,28)25-22(26)19-8-18(17-3-4-17)21(9-20(19)24)29-13-23-10-14-5-15(11-23)7-16(6-14)12-23/h8-9,14-17H,2-7,10-13H2,1H3,(H,25,26). The van der Waals surface area contributed by atoms with Crippen LogP contribution in [0.1, 0.15) is 80.1 Å². The highest BCUT2D eigenvalue weighted by atomic mass is 32.2. The highest BCUT2D eigenvalue weighted by Crippen LogP contribution is 2.60. The Hall–Kier alpha value is -1.63. The van der Waals surface area contributed by atoms with E-state index in [-0.39, 0.29) is 22.6 Å². The second-order valence-electron chi connectivity index (χ2n) is 10.2. The summed E-state index contributed by atoms with van der Waals surface area (Å²) in [6, 6.07) is 2.80. The van der Waals surface area contributed by atoms with E-state index in [1.54, 1.807) is 0 Å². The van der Waals surface area contributed by atoms with E-state index < -0.39 is 21.7 Å². The molecule has 0 aliphatic heterocycles. The summed E-state index contributed by atoms with van der Waals surface area (Å²) >= 11 is 0. The predicted octanol–water partition coefficient (Wildman–Crippen LogP) is 4.38. The number of nitrogens with one attached hydrogen (secondary N) is 1. The third-order valence-electron chi connectivity index (χ3n) is 7.69. The number of halogens is 1. The van der Waals surface area contributed by atoms with E-state index in [0.29, 0.717) is 12.4 Å². The van der Waals surface area contributed by atoms with E-state index in [2.05, 4.69) is 0 Å². The van der Waals surface area contributed by atoms with Gasteiger partial charge in [0.15, 0.2) is 0 Å². The molecule has 1 N–H and O–H groups in total. The van der Waals surface area contributed by atoms with Gasteiger partial charge >= 0.3 is 0 Å². The first-order chi connectivity index (χ1) is 14.3. The predicted molar refractivity (Wildman–Crippen MR) is 111 cm³/mol. The van der Waals surface area contributed by atoms with Gasteiger partial charge in [-0.05, 0) is 93.6 Å². The molecule has 0 heterocycles. The Morgan fingerprint density at radius 3 is 2.27 bits per heavy atom. The lowest BCUT2D eigenvalue weighted by atomic mass is 9.50. The number of hydrogen-bond acceptors (Lipinski definition) is 4. The van der Waals surface area contributed by atoms with E-state index in [1.807, 2.05) is 4.72 Å². The molecule has 0 atom stereocenters. The number of amides is 1. The summed E-state index contributed by atoms with van der Waals surface area (Å²) in [4.78, 5) is 12.4. The van der Waals surface area contributed by atoms with Crippen molar-refractivity contribution in [2.45, 2.75) is 64.2 Å². The molecule has 1 aromatic carbocycles. The van der Waals surface area contributed by atoms with Crippen molar-refractivity contribution < 1.29 is 22.3 Å². The van der Waals surface area contributed by atoms with Crippen LogP contribution in [-0.4, -0.2) is 26.7 Å². The van der Waals surface area contributed by atoms with Gasteiger partial charge < -0.3 is 4.74 Å². The largest absolute Gasteiger partial charge is 0.493 e. The molecule has 0 unspecified atom stereocenters. The molecule has 5 aliphatic rings. The van der Waals surface area contributed by atoms with Gasteiger partial charge in [-0.15, -0.1) is 0 Å². The van der Waals surface area contributed by atoms with Gasteiger partial charge in [-0.1, -0.05) is 0 Å². The highest BCUT2D eigenvalue weighted by Gasteiger charge is 2.51.